The van der Waals surface area contributed by atoms with Gasteiger partial charge in [-0.1, -0.05) is 12.1 Å². The van der Waals surface area contributed by atoms with Gasteiger partial charge in [-0.05, 0) is 49.3 Å². The standard InChI is InChI=1S/C14H19NO.ClH/c1-16-14-4-2-3-10(9-14)11-7-12-5-6-13(8-11)15-12;/h2-4,9,11-13,15H,5-8H2,1H3;1H/t11?,12-,13+;. The van der Waals surface area contributed by atoms with Crippen LogP contribution < -0.4 is 10.1 Å². The topological polar surface area (TPSA) is 21.3 Å². The second kappa shape index (κ2) is 5.28. The number of hydrogen-bond acceptors (Lipinski definition) is 2. The minimum atomic E-state index is 0. The first-order chi connectivity index (χ1) is 7.85. The molecule has 0 aromatic heterocycles. The highest BCUT2D eigenvalue weighted by molar-refractivity contribution is 5.85. The van der Waals surface area contributed by atoms with Gasteiger partial charge in [0.1, 0.15) is 5.75 Å². The zero-order chi connectivity index (χ0) is 11.0. The summed E-state index contributed by atoms with van der Waals surface area (Å²) in [6, 6.07) is 10.1. The fourth-order valence-corrected chi connectivity index (χ4v) is 3.22. The van der Waals surface area contributed by atoms with Crippen LogP contribution in [-0.4, -0.2) is 19.2 Å². The Kier molecular flexibility index (Phi) is 3.95. The molecular formula is C14H20ClNO. The normalized spacial score (nSPS) is 30.8. The van der Waals surface area contributed by atoms with Crippen LogP contribution >= 0.6 is 12.4 Å². The maximum atomic E-state index is 5.30. The molecule has 0 radical (unpaired) electrons. The minimum Gasteiger partial charge on any atom is -0.497 e. The molecule has 1 unspecified atom stereocenters. The summed E-state index contributed by atoms with van der Waals surface area (Å²) >= 11 is 0. The van der Waals surface area contributed by atoms with Gasteiger partial charge >= 0.3 is 0 Å². The number of halogens is 1. The van der Waals surface area contributed by atoms with Crippen molar-refractivity contribution in [2.24, 2.45) is 0 Å². The minimum absolute atomic E-state index is 0. The van der Waals surface area contributed by atoms with Gasteiger partial charge in [0, 0.05) is 12.1 Å². The van der Waals surface area contributed by atoms with Crippen molar-refractivity contribution in [1.82, 2.24) is 5.32 Å². The first kappa shape index (κ1) is 12.7. The lowest BCUT2D eigenvalue weighted by Crippen LogP contribution is -2.37. The molecule has 17 heavy (non-hydrogen) atoms. The molecule has 2 bridgehead atoms. The van der Waals surface area contributed by atoms with E-state index in [9.17, 15) is 0 Å². The SMILES string of the molecule is COc1cccc(C2C[C@H]3CC[C@@H](C2)N3)c1.Cl. The van der Waals surface area contributed by atoms with E-state index in [2.05, 4.69) is 23.5 Å². The molecule has 0 aliphatic carbocycles. The maximum absolute atomic E-state index is 5.30. The Morgan fingerprint density at radius 2 is 1.88 bits per heavy atom. The van der Waals surface area contributed by atoms with E-state index < -0.39 is 0 Å². The Labute approximate surface area is 109 Å². The van der Waals surface area contributed by atoms with Crippen molar-refractivity contribution in [2.75, 3.05) is 7.11 Å². The van der Waals surface area contributed by atoms with Crippen LogP contribution in [0.3, 0.4) is 0 Å². The molecule has 1 aromatic carbocycles. The van der Waals surface area contributed by atoms with Crippen molar-refractivity contribution in [2.45, 2.75) is 43.7 Å². The summed E-state index contributed by atoms with van der Waals surface area (Å²) in [5.74, 6) is 1.72. The summed E-state index contributed by atoms with van der Waals surface area (Å²) in [5.41, 5.74) is 1.46. The molecule has 2 saturated heterocycles. The van der Waals surface area contributed by atoms with Gasteiger partial charge in [-0.2, -0.15) is 0 Å². The van der Waals surface area contributed by atoms with E-state index in [0.717, 1.165) is 23.8 Å². The molecule has 94 valence electrons. The molecule has 0 amide bonds. The van der Waals surface area contributed by atoms with Gasteiger partial charge in [-0.3, -0.25) is 0 Å². The third kappa shape index (κ3) is 2.58. The molecule has 3 atom stereocenters. The molecule has 0 spiro atoms. The number of methoxy groups -OCH3 is 1. The van der Waals surface area contributed by atoms with Crippen LogP contribution in [0.5, 0.6) is 5.75 Å². The Morgan fingerprint density at radius 3 is 2.53 bits per heavy atom. The molecule has 3 heteroatoms. The predicted molar refractivity (Wildman–Crippen MR) is 72.2 cm³/mol. The quantitative estimate of drug-likeness (QED) is 0.875. The number of hydrogen-bond donors (Lipinski definition) is 1. The smallest absolute Gasteiger partial charge is 0.119 e. The van der Waals surface area contributed by atoms with Gasteiger partial charge in [0.2, 0.25) is 0 Å². The molecule has 2 aliphatic rings. The predicted octanol–water partition coefficient (Wildman–Crippen LogP) is 3.12. The first-order valence-electron chi connectivity index (χ1n) is 6.25. The van der Waals surface area contributed by atoms with Crippen molar-refractivity contribution < 1.29 is 4.74 Å². The second-order valence-electron chi connectivity index (χ2n) is 5.08. The molecule has 2 aliphatic heterocycles. The van der Waals surface area contributed by atoms with Crippen LogP contribution in [0.2, 0.25) is 0 Å². The van der Waals surface area contributed by atoms with Gasteiger partial charge < -0.3 is 10.1 Å². The van der Waals surface area contributed by atoms with Crippen LogP contribution in [0.4, 0.5) is 0 Å². The Balaban J connectivity index is 0.00000108. The average Bonchev–Trinajstić information content (AvgIpc) is 2.68. The van der Waals surface area contributed by atoms with Crippen LogP contribution in [0.1, 0.15) is 37.2 Å². The van der Waals surface area contributed by atoms with Gasteiger partial charge in [0.05, 0.1) is 7.11 Å². The number of fused-ring (bicyclic) bond motifs is 2. The highest BCUT2D eigenvalue weighted by Gasteiger charge is 2.33. The maximum Gasteiger partial charge on any atom is 0.119 e. The lowest BCUT2D eigenvalue weighted by atomic mass is 9.86. The van der Waals surface area contributed by atoms with Crippen LogP contribution in [-0.2, 0) is 0 Å². The number of benzene rings is 1. The summed E-state index contributed by atoms with van der Waals surface area (Å²) in [6.07, 6.45) is 5.32. The zero-order valence-electron chi connectivity index (χ0n) is 10.2. The zero-order valence-corrected chi connectivity index (χ0v) is 11.0. The monoisotopic (exact) mass is 253 g/mol. The van der Waals surface area contributed by atoms with E-state index >= 15 is 0 Å². The van der Waals surface area contributed by atoms with E-state index in [4.69, 9.17) is 4.74 Å². The van der Waals surface area contributed by atoms with Crippen molar-refractivity contribution in [3.8, 4) is 5.75 Å². The fourth-order valence-electron chi connectivity index (χ4n) is 3.22. The summed E-state index contributed by atoms with van der Waals surface area (Å²) in [5, 5.41) is 3.69. The van der Waals surface area contributed by atoms with Gasteiger partial charge in [-0.25, -0.2) is 0 Å². The van der Waals surface area contributed by atoms with Crippen LogP contribution in [0, 0.1) is 0 Å². The molecule has 1 N–H and O–H groups in total. The molecule has 2 fully saturated rings. The van der Waals surface area contributed by atoms with E-state index in [1.54, 1.807) is 7.11 Å². The van der Waals surface area contributed by atoms with Gasteiger partial charge in [0.15, 0.2) is 0 Å². The molecule has 1 aromatic rings. The van der Waals surface area contributed by atoms with Crippen molar-refractivity contribution in [3.05, 3.63) is 29.8 Å². The summed E-state index contributed by atoms with van der Waals surface area (Å²) in [7, 11) is 1.74. The lowest BCUT2D eigenvalue weighted by molar-refractivity contribution is 0.361. The van der Waals surface area contributed by atoms with Gasteiger partial charge in [-0.15, -0.1) is 12.4 Å². The number of ether oxygens (including phenoxy) is 1. The second-order valence-corrected chi connectivity index (χ2v) is 5.08. The molecule has 2 heterocycles. The van der Waals surface area contributed by atoms with Crippen molar-refractivity contribution in [3.63, 3.8) is 0 Å². The highest BCUT2D eigenvalue weighted by Crippen LogP contribution is 2.37. The Morgan fingerprint density at radius 1 is 1.18 bits per heavy atom. The third-order valence-corrected chi connectivity index (χ3v) is 4.04. The fraction of sp³-hybridized carbons (Fsp3) is 0.571. The van der Waals surface area contributed by atoms with Crippen molar-refractivity contribution in [1.29, 1.82) is 0 Å². The third-order valence-electron chi connectivity index (χ3n) is 4.04. The lowest BCUT2D eigenvalue weighted by Gasteiger charge is -2.29. The number of piperidine rings is 1. The van der Waals surface area contributed by atoms with Crippen LogP contribution in [0.15, 0.2) is 24.3 Å². The molecule has 3 rings (SSSR count). The van der Waals surface area contributed by atoms with E-state index in [1.165, 1.54) is 31.2 Å². The molecule has 2 nitrogen and oxygen atoms in total. The van der Waals surface area contributed by atoms with E-state index in [0.29, 0.717) is 0 Å². The number of rotatable bonds is 2. The first-order valence-corrected chi connectivity index (χ1v) is 6.25. The largest absolute Gasteiger partial charge is 0.497 e. The molecule has 0 saturated carbocycles. The average molecular weight is 254 g/mol. The van der Waals surface area contributed by atoms with Crippen LogP contribution in [0.25, 0.3) is 0 Å². The van der Waals surface area contributed by atoms with E-state index in [1.807, 2.05) is 6.07 Å². The van der Waals surface area contributed by atoms with E-state index in [-0.39, 0.29) is 12.4 Å². The van der Waals surface area contributed by atoms with Gasteiger partial charge in [0.25, 0.3) is 0 Å². The Bertz CT molecular complexity index is 370. The molecular weight excluding hydrogens is 234 g/mol. The number of nitrogens with one attached hydrogen (secondary N) is 1. The Hall–Kier alpha value is -0.730. The summed E-state index contributed by atoms with van der Waals surface area (Å²) in [4.78, 5) is 0. The summed E-state index contributed by atoms with van der Waals surface area (Å²) < 4.78 is 5.30. The highest BCUT2D eigenvalue weighted by atomic mass is 35.5. The van der Waals surface area contributed by atoms with Crippen molar-refractivity contribution >= 4 is 12.4 Å². The summed E-state index contributed by atoms with van der Waals surface area (Å²) in [6.45, 7) is 0.